The third-order valence-corrected chi connectivity index (χ3v) is 5.25. The Morgan fingerprint density at radius 1 is 1.50 bits per heavy atom. The van der Waals surface area contributed by atoms with E-state index >= 15 is 0 Å². The van der Waals surface area contributed by atoms with E-state index in [1.165, 1.54) is 6.33 Å². The summed E-state index contributed by atoms with van der Waals surface area (Å²) >= 11 is 5.06. The number of nitrogens with zero attached hydrogens (tertiary/aromatic N) is 3. The number of thioether (sulfide) groups is 1. The lowest BCUT2D eigenvalue weighted by molar-refractivity contribution is -0.0282. The van der Waals surface area contributed by atoms with Crippen molar-refractivity contribution in [1.82, 2.24) is 14.5 Å². The summed E-state index contributed by atoms with van der Waals surface area (Å²) in [6.07, 6.45) is 2.61. The fraction of sp³-hybridized carbons (Fsp3) is 0.538. The highest BCUT2D eigenvalue weighted by atomic mass is 79.9. The van der Waals surface area contributed by atoms with E-state index in [1.807, 2.05) is 6.20 Å². The van der Waals surface area contributed by atoms with E-state index in [9.17, 15) is 5.11 Å². The van der Waals surface area contributed by atoms with Crippen LogP contribution in [0, 0.1) is 0 Å². The number of ether oxygens (including phenoxy) is 1. The molecule has 0 aromatic carbocycles. The first-order valence-electron chi connectivity index (χ1n) is 6.90. The van der Waals surface area contributed by atoms with Crippen molar-refractivity contribution in [2.24, 2.45) is 0 Å². The second-order valence-electron chi connectivity index (χ2n) is 5.09. The quantitative estimate of drug-likeness (QED) is 0.659. The first kappa shape index (κ1) is 16.0. The van der Waals surface area contributed by atoms with Crippen molar-refractivity contribution in [1.29, 1.82) is 0 Å². The molecule has 0 saturated carbocycles. The van der Waals surface area contributed by atoms with Gasteiger partial charge in [-0.25, -0.2) is 9.97 Å². The van der Waals surface area contributed by atoms with Crippen molar-refractivity contribution in [3.05, 3.63) is 17.0 Å². The summed E-state index contributed by atoms with van der Waals surface area (Å²) in [5.41, 5.74) is 6.52. The molecule has 1 aliphatic rings. The first-order valence-corrected chi connectivity index (χ1v) is 8.85. The van der Waals surface area contributed by atoms with Gasteiger partial charge in [-0.15, -0.1) is 0 Å². The number of rotatable bonds is 5. The number of hydrogen-bond acceptors (Lipinski definition) is 7. The lowest BCUT2D eigenvalue weighted by atomic mass is 10.2. The number of aliphatic hydroxyl groups excluding tert-OH is 2. The molecule has 0 spiro atoms. The van der Waals surface area contributed by atoms with E-state index in [0.29, 0.717) is 23.6 Å². The van der Waals surface area contributed by atoms with Crippen molar-refractivity contribution in [2.75, 3.05) is 23.8 Å². The van der Waals surface area contributed by atoms with Gasteiger partial charge in [-0.1, -0.05) is 0 Å². The lowest BCUT2D eigenvalue weighted by Crippen LogP contribution is -2.19. The van der Waals surface area contributed by atoms with Crippen molar-refractivity contribution in [3.8, 4) is 0 Å². The Bertz CT molecular complexity index is 668. The van der Waals surface area contributed by atoms with Gasteiger partial charge in [0.05, 0.1) is 18.1 Å². The Hall–Kier alpha value is -0.870. The number of anilines is 1. The average Bonchev–Trinajstić information content (AvgIpc) is 3.01. The minimum Gasteiger partial charge on any atom is -0.396 e. The molecule has 2 aromatic rings. The Morgan fingerprint density at radius 3 is 3.09 bits per heavy atom. The van der Waals surface area contributed by atoms with Gasteiger partial charge in [0.1, 0.15) is 23.9 Å². The van der Waals surface area contributed by atoms with Crippen LogP contribution in [0.3, 0.4) is 0 Å². The van der Waals surface area contributed by atoms with E-state index in [1.54, 1.807) is 16.3 Å². The topological polar surface area (TPSA) is 106 Å². The summed E-state index contributed by atoms with van der Waals surface area (Å²) in [6, 6.07) is 0. The van der Waals surface area contributed by atoms with Gasteiger partial charge in [-0.2, -0.15) is 11.8 Å². The standard InChI is InChI=1S/C13H17BrN4O3S/c14-8-4-18(12-10(8)11(15)16-6-17-12)13-9(20)3-7(21-13)5-22-2-1-19/h4,6-7,9,13,19-20H,1-3,5H2,(H2,15,16,17)/t7-,9+,13+/m0/s1. The molecule has 4 N–H and O–H groups in total. The predicted molar refractivity (Wildman–Crippen MR) is 88.6 cm³/mol. The van der Waals surface area contributed by atoms with Gasteiger partial charge in [-0.3, -0.25) is 0 Å². The normalized spacial score (nSPS) is 25.1. The Kier molecular flexibility index (Phi) is 4.88. The smallest absolute Gasteiger partial charge is 0.161 e. The van der Waals surface area contributed by atoms with E-state index in [-0.39, 0.29) is 12.7 Å². The molecule has 0 aliphatic carbocycles. The van der Waals surface area contributed by atoms with Crippen LogP contribution >= 0.6 is 27.7 Å². The lowest BCUT2D eigenvalue weighted by Gasteiger charge is -2.17. The van der Waals surface area contributed by atoms with Crippen LogP contribution in [0.1, 0.15) is 12.6 Å². The summed E-state index contributed by atoms with van der Waals surface area (Å²) in [7, 11) is 0. The largest absolute Gasteiger partial charge is 0.396 e. The van der Waals surface area contributed by atoms with Crippen LogP contribution in [0.2, 0.25) is 0 Å². The van der Waals surface area contributed by atoms with Crippen LogP contribution in [0.4, 0.5) is 5.82 Å². The number of nitrogens with two attached hydrogens (primary N) is 1. The molecule has 22 heavy (non-hydrogen) atoms. The molecule has 7 nitrogen and oxygen atoms in total. The molecule has 3 rings (SSSR count). The number of nitrogen functional groups attached to an aromatic ring is 1. The highest BCUT2D eigenvalue weighted by Crippen LogP contribution is 2.36. The Morgan fingerprint density at radius 2 is 2.32 bits per heavy atom. The maximum Gasteiger partial charge on any atom is 0.161 e. The molecule has 1 aliphatic heterocycles. The average molecular weight is 389 g/mol. The molecular formula is C13H17BrN4O3S. The van der Waals surface area contributed by atoms with Crippen LogP contribution in [-0.2, 0) is 4.74 Å². The number of fused-ring (bicyclic) bond motifs is 1. The van der Waals surface area contributed by atoms with Gasteiger partial charge < -0.3 is 25.3 Å². The molecule has 0 amide bonds. The van der Waals surface area contributed by atoms with E-state index in [2.05, 4.69) is 25.9 Å². The SMILES string of the molecule is Nc1ncnc2c1c(Br)cn2[C@@H]1O[C@H](CSCCO)C[C@H]1O. The highest BCUT2D eigenvalue weighted by Gasteiger charge is 2.36. The van der Waals surface area contributed by atoms with Gasteiger partial charge in [0, 0.05) is 28.6 Å². The molecule has 1 fully saturated rings. The molecule has 0 bridgehead atoms. The van der Waals surface area contributed by atoms with Gasteiger partial charge in [-0.05, 0) is 15.9 Å². The summed E-state index contributed by atoms with van der Waals surface area (Å²) in [5.74, 6) is 1.80. The van der Waals surface area contributed by atoms with Crippen LogP contribution in [0.5, 0.6) is 0 Å². The maximum absolute atomic E-state index is 10.3. The third-order valence-electron chi connectivity index (χ3n) is 3.57. The molecular weight excluding hydrogens is 372 g/mol. The summed E-state index contributed by atoms with van der Waals surface area (Å²) in [6.45, 7) is 0.148. The predicted octanol–water partition coefficient (Wildman–Crippen LogP) is 1.15. The van der Waals surface area contributed by atoms with Crippen LogP contribution in [0.15, 0.2) is 17.0 Å². The second kappa shape index (κ2) is 6.71. The molecule has 0 unspecified atom stereocenters. The second-order valence-corrected chi connectivity index (χ2v) is 7.10. The molecule has 3 heterocycles. The van der Waals surface area contributed by atoms with Crippen molar-refractivity contribution in [2.45, 2.75) is 24.9 Å². The van der Waals surface area contributed by atoms with Gasteiger partial charge in [0.2, 0.25) is 0 Å². The van der Waals surface area contributed by atoms with Gasteiger partial charge in [0.15, 0.2) is 6.23 Å². The molecule has 9 heteroatoms. The number of hydrogen-bond donors (Lipinski definition) is 3. The van der Waals surface area contributed by atoms with Crippen molar-refractivity contribution in [3.63, 3.8) is 0 Å². The minimum atomic E-state index is -0.613. The van der Waals surface area contributed by atoms with E-state index in [4.69, 9.17) is 15.6 Å². The summed E-state index contributed by atoms with van der Waals surface area (Å²) in [4.78, 5) is 8.24. The molecule has 1 saturated heterocycles. The zero-order valence-corrected chi connectivity index (χ0v) is 14.1. The molecule has 120 valence electrons. The minimum absolute atomic E-state index is 0.0491. The van der Waals surface area contributed by atoms with Crippen molar-refractivity contribution >= 4 is 44.5 Å². The Labute approximate surface area is 140 Å². The maximum atomic E-state index is 10.3. The molecule has 2 aromatic heterocycles. The zero-order valence-electron chi connectivity index (χ0n) is 11.7. The van der Waals surface area contributed by atoms with E-state index < -0.39 is 12.3 Å². The fourth-order valence-electron chi connectivity index (χ4n) is 2.62. The van der Waals surface area contributed by atoms with Gasteiger partial charge in [0.25, 0.3) is 0 Å². The monoisotopic (exact) mass is 388 g/mol. The molecule has 3 atom stereocenters. The number of halogens is 1. The van der Waals surface area contributed by atoms with Crippen LogP contribution < -0.4 is 5.73 Å². The van der Waals surface area contributed by atoms with E-state index in [0.717, 1.165) is 15.6 Å². The van der Waals surface area contributed by atoms with Crippen molar-refractivity contribution < 1.29 is 14.9 Å². The zero-order chi connectivity index (χ0) is 15.7. The van der Waals surface area contributed by atoms with Crippen LogP contribution in [0.25, 0.3) is 11.0 Å². The number of aliphatic hydroxyl groups is 2. The Balaban J connectivity index is 1.84. The highest BCUT2D eigenvalue weighted by molar-refractivity contribution is 9.10. The number of aromatic nitrogens is 3. The first-order chi connectivity index (χ1) is 10.6. The van der Waals surface area contributed by atoms with Crippen LogP contribution in [-0.4, -0.2) is 55.1 Å². The van der Waals surface area contributed by atoms with Gasteiger partial charge >= 0.3 is 0 Å². The summed E-state index contributed by atoms with van der Waals surface area (Å²) < 4.78 is 8.52. The molecule has 0 radical (unpaired) electrons. The fourth-order valence-corrected chi connectivity index (χ4v) is 4.00. The summed E-state index contributed by atoms with van der Waals surface area (Å²) in [5, 5.41) is 19.9. The third kappa shape index (κ3) is 2.95.